The molecule has 0 aliphatic heterocycles. The van der Waals surface area contributed by atoms with E-state index in [0.717, 1.165) is 0 Å². The molecule has 10 heavy (non-hydrogen) atoms. The van der Waals surface area contributed by atoms with Crippen LogP contribution in [0.25, 0.3) is 0 Å². The van der Waals surface area contributed by atoms with Crippen LogP contribution >= 0.6 is 7.59 Å². The van der Waals surface area contributed by atoms with E-state index in [1.54, 1.807) is 0 Å². The topological polar surface area (TPSA) is 171 Å². The molecule has 0 aromatic heterocycles. The number of nitrogens with two attached hydrogens (primary N) is 2. The summed E-state index contributed by atoms with van der Waals surface area (Å²) in [4.78, 5) is 0. The maximum absolute atomic E-state index is 10.3. The third kappa shape index (κ3) is 15.7. The lowest BCUT2D eigenvalue weighted by atomic mass is 10.8. The highest BCUT2D eigenvalue weighted by molar-refractivity contribution is 7.56. The van der Waals surface area contributed by atoms with Gasteiger partial charge in [-0.2, -0.15) is 0 Å². The van der Waals surface area contributed by atoms with Crippen molar-refractivity contribution in [1.29, 1.82) is 0 Å². The van der Waals surface area contributed by atoms with E-state index in [9.17, 15) is 4.57 Å². The summed E-state index contributed by atoms with van der Waals surface area (Å²) >= 11 is 0. The van der Waals surface area contributed by atoms with Gasteiger partial charge >= 0.3 is 0 Å². The van der Waals surface area contributed by atoms with Crippen molar-refractivity contribution in [1.82, 2.24) is 17.4 Å². The fourth-order valence-corrected chi connectivity index (χ4v) is 0.674. The Bertz CT molecular complexity index is 102. The van der Waals surface area contributed by atoms with Crippen molar-refractivity contribution >= 4 is 7.59 Å². The standard InChI is InChI=1S/C2H10N3O2P.2H3N/c3-8(4,7)5-1-2-6;;/h6H,1-2H2,(H5,3,4,5,7);2*1H3. The number of hydrogen-bond acceptors (Lipinski definition) is 4. The first-order valence-electron chi connectivity index (χ1n) is 2.09. The van der Waals surface area contributed by atoms with Gasteiger partial charge in [0, 0.05) is 6.54 Å². The van der Waals surface area contributed by atoms with Gasteiger partial charge in [-0.05, 0) is 0 Å². The molecule has 0 saturated carbocycles. The van der Waals surface area contributed by atoms with Crippen LogP contribution in [0.5, 0.6) is 0 Å². The first-order chi connectivity index (χ1) is 3.56. The minimum absolute atomic E-state index is 0. The van der Waals surface area contributed by atoms with Crippen LogP contribution in [0.1, 0.15) is 0 Å². The molecule has 0 aliphatic carbocycles. The van der Waals surface area contributed by atoms with Crippen molar-refractivity contribution in [3.63, 3.8) is 0 Å². The molecule has 0 aromatic rings. The molecule has 0 amide bonds. The van der Waals surface area contributed by atoms with Gasteiger partial charge in [0.05, 0.1) is 6.61 Å². The van der Waals surface area contributed by atoms with Gasteiger partial charge in [-0.25, -0.2) is 5.09 Å². The van der Waals surface area contributed by atoms with Crippen molar-refractivity contribution in [2.45, 2.75) is 0 Å². The lowest BCUT2D eigenvalue weighted by molar-refractivity contribution is 0.301. The van der Waals surface area contributed by atoms with Gasteiger partial charge in [0.2, 0.25) is 0 Å². The average Bonchev–Trinajstić information content (AvgIpc) is 1.59. The smallest absolute Gasteiger partial charge is 0.273 e. The largest absolute Gasteiger partial charge is 0.395 e. The van der Waals surface area contributed by atoms with Crippen molar-refractivity contribution in [3.8, 4) is 0 Å². The minimum atomic E-state index is -3.09. The molecular weight excluding hydrogens is 157 g/mol. The molecule has 0 saturated heterocycles. The van der Waals surface area contributed by atoms with Crippen molar-refractivity contribution in [2.24, 2.45) is 11.0 Å². The lowest BCUT2D eigenvalue weighted by Crippen LogP contribution is -2.24. The monoisotopic (exact) mass is 173 g/mol. The molecule has 0 bridgehead atoms. The number of nitrogens with one attached hydrogen (secondary N) is 1. The van der Waals surface area contributed by atoms with Crippen LogP contribution in [0.15, 0.2) is 0 Å². The van der Waals surface area contributed by atoms with Gasteiger partial charge < -0.3 is 17.4 Å². The predicted molar refractivity (Wildman–Crippen MR) is 41.1 cm³/mol. The SMILES string of the molecule is N.N.NP(N)(=O)NCCO. The van der Waals surface area contributed by atoms with Gasteiger partial charge in [0.1, 0.15) is 0 Å². The van der Waals surface area contributed by atoms with Gasteiger partial charge in [-0.15, -0.1) is 0 Å². The normalized spacial score (nSPS) is 9.50. The molecule has 66 valence electrons. The Balaban J connectivity index is -0.000000245. The fourth-order valence-electron chi connectivity index (χ4n) is 0.225. The van der Waals surface area contributed by atoms with E-state index in [1.165, 1.54) is 0 Å². The Hall–Kier alpha value is -0.0100. The third-order valence-corrected chi connectivity index (χ3v) is 1.19. The van der Waals surface area contributed by atoms with E-state index >= 15 is 0 Å². The highest BCUT2D eigenvalue weighted by Gasteiger charge is 2.03. The zero-order valence-corrected chi connectivity index (χ0v) is 6.68. The molecule has 0 aliphatic rings. The van der Waals surface area contributed by atoms with Crippen LogP contribution in [0.4, 0.5) is 0 Å². The van der Waals surface area contributed by atoms with Crippen LogP contribution in [0.2, 0.25) is 0 Å². The van der Waals surface area contributed by atoms with E-state index in [2.05, 4.69) is 5.09 Å². The van der Waals surface area contributed by atoms with Crippen LogP contribution in [-0.4, -0.2) is 18.3 Å². The number of rotatable bonds is 3. The molecule has 12 N–H and O–H groups in total. The van der Waals surface area contributed by atoms with Gasteiger partial charge in [-0.3, -0.25) is 15.6 Å². The molecule has 0 spiro atoms. The zero-order chi connectivity index (χ0) is 6.62. The fraction of sp³-hybridized carbons (Fsp3) is 1.00. The second kappa shape index (κ2) is 7.10. The van der Waals surface area contributed by atoms with Crippen molar-refractivity contribution < 1.29 is 9.67 Å². The molecule has 0 radical (unpaired) electrons. The summed E-state index contributed by atoms with van der Waals surface area (Å²) in [5, 5.41) is 10.4. The maximum atomic E-state index is 10.3. The Morgan fingerprint density at radius 1 is 1.40 bits per heavy atom. The lowest BCUT2D eigenvalue weighted by Gasteiger charge is -2.04. The molecule has 0 aromatic carbocycles. The second-order valence-electron chi connectivity index (χ2n) is 1.34. The number of aliphatic hydroxyl groups is 1. The Morgan fingerprint density at radius 2 is 1.80 bits per heavy atom. The number of aliphatic hydroxyl groups excluding tert-OH is 1. The van der Waals surface area contributed by atoms with Crippen LogP contribution in [0, 0.1) is 0 Å². The van der Waals surface area contributed by atoms with E-state index in [4.69, 9.17) is 16.1 Å². The summed E-state index contributed by atoms with van der Waals surface area (Å²) in [6, 6.07) is 0. The van der Waals surface area contributed by atoms with Crippen LogP contribution in [0.3, 0.4) is 0 Å². The molecule has 0 unspecified atom stereocenters. The Kier molecular flexibility index (Phi) is 11.7. The molecule has 0 heterocycles. The van der Waals surface area contributed by atoms with Gasteiger partial charge in [0.25, 0.3) is 7.59 Å². The average molecular weight is 173 g/mol. The highest BCUT2D eigenvalue weighted by atomic mass is 31.2. The summed E-state index contributed by atoms with van der Waals surface area (Å²) in [5.74, 6) is 0. The first-order valence-corrected chi connectivity index (χ1v) is 3.94. The van der Waals surface area contributed by atoms with Crippen LogP contribution < -0.4 is 28.4 Å². The predicted octanol–water partition coefficient (Wildman–Crippen LogP) is -1.08. The summed E-state index contributed by atoms with van der Waals surface area (Å²) in [6.07, 6.45) is 0. The van der Waals surface area contributed by atoms with E-state index in [-0.39, 0.29) is 25.5 Å². The minimum Gasteiger partial charge on any atom is -0.395 e. The van der Waals surface area contributed by atoms with E-state index < -0.39 is 7.59 Å². The zero-order valence-electron chi connectivity index (χ0n) is 5.79. The summed E-state index contributed by atoms with van der Waals surface area (Å²) in [5.41, 5.74) is 9.67. The third-order valence-electron chi connectivity index (χ3n) is 0.471. The van der Waals surface area contributed by atoms with Gasteiger partial charge in [0.15, 0.2) is 0 Å². The van der Waals surface area contributed by atoms with Crippen molar-refractivity contribution in [2.75, 3.05) is 13.2 Å². The van der Waals surface area contributed by atoms with E-state index in [1.807, 2.05) is 0 Å². The summed E-state index contributed by atoms with van der Waals surface area (Å²) < 4.78 is 10.3. The van der Waals surface area contributed by atoms with Crippen LogP contribution in [-0.2, 0) is 4.57 Å². The molecule has 8 heteroatoms. The van der Waals surface area contributed by atoms with Crippen molar-refractivity contribution in [3.05, 3.63) is 0 Å². The summed E-state index contributed by atoms with van der Waals surface area (Å²) in [7, 11) is -3.09. The second-order valence-corrected chi connectivity index (χ2v) is 3.08. The first kappa shape index (κ1) is 16.5. The molecule has 7 nitrogen and oxygen atoms in total. The quantitative estimate of drug-likeness (QED) is 0.294. The highest BCUT2D eigenvalue weighted by Crippen LogP contribution is 2.15. The van der Waals surface area contributed by atoms with E-state index in [0.29, 0.717) is 0 Å². The Morgan fingerprint density at radius 3 is 1.90 bits per heavy atom. The Labute approximate surface area is 59.9 Å². The maximum Gasteiger partial charge on any atom is 0.273 e. The number of hydrogen-bond donors (Lipinski definition) is 6. The molecule has 0 atom stereocenters. The molecule has 0 fully saturated rings. The molecular formula is C2H16N5O2P. The summed E-state index contributed by atoms with van der Waals surface area (Å²) in [6.45, 7) is 0.0582. The van der Waals surface area contributed by atoms with Gasteiger partial charge in [-0.1, -0.05) is 0 Å². The molecule has 0 rings (SSSR count).